The fourth-order valence-electron chi connectivity index (χ4n) is 0.917. The quantitative estimate of drug-likeness (QED) is 0.786. The van der Waals surface area contributed by atoms with E-state index in [2.05, 4.69) is 47.7 Å². The van der Waals surface area contributed by atoms with E-state index in [0.717, 1.165) is 0 Å². The Balaban J connectivity index is 2.94. The molecule has 0 radical (unpaired) electrons. The van der Waals surface area contributed by atoms with Crippen LogP contribution in [0.2, 0.25) is 0 Å². The van der Waals surface area contributed by atoms with Crippen LogP contribution in [-0.4, -0.2) is 4.40 Å². The third-order valence-electron chi connectivity index (χ3n) is 1.54. The molecule has 1 aromatic rings. The summed E-state index contributed by atoms with van der Waals surface area (Å²) in [6, 6.07) is 8.38. The second-order valence-corrected chi connectivity index (χ2v) is 3.33. The van der Waals surface area contributed by atoms with Gasteiger partial charge in [-0.05, 0) is 0 Å². The van der Waals surface area contributed by atoms with E-state index in [1.807, 2.05) is 0 Å². The molecular formula is C10H10W. The average molecular weight is 314 g/mol. The first kappa shape index (κ1) is 8.61. The Morgan fingerprint density at radius 3 is 2.64 bits per heavy atom. The van der Waals surface area contributed by atoms with Crippen LogP contribution in [-0.2, 0) is 19.4 Å². The van der Waals surface area contributed by atoms with Gasteiger partial charge in [0.05, 0.1) is 0 Å². The number of allylic oxidation sites excluding steroid dienone is 1. The van der Waals surface area contributed by atoms with Crippen LogP contribution < -0.4 is 0 Å². The van der Waals surface area contributed by atoms with E-state index >= 15 is 0 Å². The Hall–Kier alpha value is -0.482. The first-order valence-electron chi connectivity index (χ1n) is 3.52. The zero-order valence-electron chi connectivity index (χ0n) is 6.45. The van der Waals surface area contributed by atoms with E-state index < -0.39 is 0 Å². The van der Waals surface area contributed by atoms with Gasteiger partial charge in [0.2, 0.25) is 0 Å². The van der Waals surface area contributed by atoms with Crippen molar-refractivity contribution < 1.29 is 19.4 Å². The van der Waals surface area contributed by atoms with E-state index in [-0.39, 0.29) is 0 Å². The van der Waals surface area contributed by atoms with Gasteiger partial charge < -0.3 is 0 Å². The van der Waals surface area contributed by atoms with Crippen molar-refractivity contribution in [1.29, 1.82) is 0 Å². The molecule has 0 heterocycles. The van der Waals surface area contributed by atoms with Crippen molar-refractivity contribution in [3.05, 3.63) is 41.5 Å². The molecule has 0 aliphatic heterocycles. The van der Waals surface area contributed by atoms with Crippen LogP contribution in [0.5, 0.6) is 0 Å². The molecule has 56 valence electrons. The summed E-state index contributed by atoms with van der Waals surface area (Å²) in [4.78, 5) is 0. The monoisotopic (exact) mass is 314 g/mol. The van der Waals surface area contributed by atoms with Crippen molar-refractivity contribution in [2.45, 2.75) is 6.92 Å². The van der Waals surface area contributed by atoms with Gasteiger partial charge in [0.15, 0.2) is 0 Å². The Kier molecular flexibility index (Phi) is 3.45. The number of rotatable bonds is 2. The zero-order valence-corrected chi connectivity index (χ0v) is 9.38. The first-order chi connectivity index (χ1) is 5.34. The molecule has 0 spiro atoms. The van der Waals surface area contributed by atoms with Gasteiger partial charge in [0.1, 0.15) is 0 Å². The Morgan fingerprint density at radius 1 is 1.27 bits per heavy atom. The summed E-state index contributed by atoms with van der Waals surface area (Å²) in [5, 5.41) is 0. The molecule has 0 unspecified atom stereocenters. The molecule has 1 heteroatoms. The maximum absolute atomic E-state index is 2.14. The Bertz CT molecular complexity index is 274. The van der Waals surface area contributed by atoms with Crippen LogP contribution in [0.3, 0.4) is 0 Å². The van der Waals surface area contributed by atoms with Crippen LogP contribution >= 0.6 is 0 Å². The van der Waals surface area contributed by atoms with E-state index in [4.69, 9.17) is 0 Å². The summed E-state index contributed by atoms with van der Waals surface area (Å²) >= 11 is 1.49. The molecule has 0 nitrogen and oxygen atoms in total. The summed E-state index contributed by atoms with van der Waals surface area (Å²) in [6.07, 6.45) is 4.24. The summed E-state index contributed by atoms with van der Waals surface area (Å²) in [5.41, 5.74) is 2.64. The van der Waals surface area contributed by atoms with E-state index in [0.29, 0.717) is 0 Å². The SMILES string of the molecule is Cc1ccccc1/C=C\[CH]=[W]. The van der Waals surface area contributed by atoms with Gasteiger partial charge in [0, 0.05) is 0 Å². The van der Waals surface area contributed by atoms with Crippen molar-refractivity contribution in [2.75, 3.05) is 0 Å². The third-order valence-corrected chi connectivity index (χ3v) is 2.11. The first-order valence-corrected chi connectivity index (χ1v) is 5.21. The summed E-state index contributed by atoms with van der Waals surface area (Å²) in [6.45, 7) is 2.13. The van der Waals surface area contributed by atoms with Crippen LogP contribution in [0, 0.1) is 6.92 Å². The van der Waals surface area contributed by atoms with Crippen LogP contribution in [0.4, 0.5) is 0 Å². The van der Waals surface area contributed by atoms with Gasteiger partial charge in [-0.2, -0.15) is 0 Å². The molecule has 0 aliphatic rings. The number of hydrogen-bond donors (Lipinski definition) is 0. The fraction of sp³-hybridized carbons (Fsp3) is 0.100. The molecular weight excluding hydrogens is 304 g/mol. The average Bonchev–Trinajstić information content (AvgIpc) is 2.03. The van der Waals surface area contributed by atoms with Gasteiger partial charge in [-0.1, -0.05) is 0 Å². The second kappa shape index (κ2) is 4.41. The fourth-order valence-corrected chi connectivity index (χ4v) is 1.20. The molecule has 0 atom stereocenters. The minimum atomic E-state index is 1.31. The third kappa shape index (κ3) is 2.55. The summed E-state index contributed by atoms with van der Waals surface area (Å²) in [5.74, 6) is 0. The Labute approximate surface area is 78.4 Å². The normalized spacial score (nSPS) is 10.3. The van der Waals surface area contributed by atoms with E-state index in [1.54, 1.807) is 0 Å². The van der Waals surface area contributed by atoms with Gasteiger partial charge in [-0.3, -0.25) is 0 Å². The molecule has 0 saturated heterocycles. The maximum atomic E-state index is 2.14. The topological polar surface area (TPSA) is 0 Å². The van der Waals surface area contributed by atoms with Crippen LogP contribution in [0.15, 0.2) is 30.3 Å². The predicted octanol–water partition coefficient (Wildman–Crippen LogP) is 2.36. The molecule has 1 aromatic carbocycles. The van der Waals surface area contributed by atoms with E-state index in [9.17, 15) is 0 Å². The molecule has 0 bridgehead atoms. The summed E-state index contributed by atoms with van der Waals surface area (Å²) in [7, 11) is 0. The van der Waals surface area contributed by atoms with Crippen molar-refractivity contribution in [2.24, 2.45) is 0 Å². The van der Waals surface area contributed by atoms with Crippen LogP contribution in [0.25, 0.3) is 6.08 Å². The minimum absolute atomic E-state index is 1.31. The number of benzene rings is 1. The second-order valence-electron chi connectivity index (χ2n) is 2.35. The molecule has 0 N–H and O–H groups in total. The van der Waals surface area contributed by atoms with Gasteiger partial charge >= 0.3 is 78.2 Å². The molecule has 0 fully saturated rings. The molecule has 1 rings (SSSR count). The van der Waals surface area contributed by atoms with Gasteiger partial charge in [-0.15, -0.1) is 0 Å². The predicted molar refractivity (Wildman–Crippen MR) is 46.3 cm³/mol. The number of aryl methyl sites for hydroxylation is 1. The van der Waals surface area contributed by atoms with Gasteiger partial charge in [0.25, 0.3) is 0 Å². The molecule has 0 aliphatic carbocycles. The molecule has 0 saturated carbocycles. The number of hydrogen-bond acceptors (Lipinski definition) is 0. The Morgan fingerprint density at radius 2 is 2.00 bits per heavy atom. The van der Waals surface area contributed by atoms with Crippen molar-refractivity contribution >= 4 is 10.5 Å². The van der Waals surface area contributed by atoms with E-state index in [1.165, 1.54) is 30.5 Å². The zero-order chi connectivity index (χ0) is 8.10. The van der Waals surface area contributed by atoms with Crippen molar-refractivity contribution in [1.82, 2.24) is 0 Å². The molecule has 0 aromatic heterocycles. The van der Waals surface area contributed by atoms with Crippen molar-refractivity contribution in [3.8, 4) is 0 Å². The van der Waals surface area contributed by atoms with Crippen molar-refractivity contribution in [3.63, 3.8) is 0 Å². The molecule has 0 amide bonds. The molecule has 11 heavy (non-hydrogen) atoms. The standard InChI is InChI=1S/C10H10.W/c1-3-6-10-8-5-4-7-9(10)2;/h1,3-8H,2H3;/b6-3-;. The van der Waals surface area contributed by atoms with Crippen LogP contribution in [0.1, 0.15) is 11.1 Å². The summed E-state index contributed by atoms with van der Waals surface area (Å²) < 4.78 is 2.12. The van der Waals surface area contributed by atoms with Gasteiger partial charge in [-0.25, -0.2) is 0 Å².